The van der Waals surface area contributed by atoms with E-state index in [2.05, 4.69) is 0 Å². The summed E-state index contributed by atoms with van der Waals surface area (Å²) in [6, 6.07) is 10.2. The summed E-state index contributed by atoms with van der Waals surface area (Å²) in [6.45, 7) is 1.99. The van der Waals surface area contributed by atoms with Crippen LogP contribution in [0.2, 0.25) is 0 Å². The molecular weight excluding hydrogens is 206 g/mol. The van der Waals surface area contributed by atoms with Crippen LogP contribution < -0.4 is 5.73 Å². The second-order valence-electron chi connectivity index (χ2n) is 3.89. The third kappa shape index (κ3) is 5.70. The normalized spacial score (nSPS) is 14.8. The molecule has 0 aromatic heterocycles. The molecule has 84 valence electrons. The van der Waals surface area contributed by atoms with Gasteiger partial charge >= 0.3 is 0 Å². The molecule has 1 aromatic rings. The van der Waals surface area contributed by atoms with Crippen molar-refractivity contribution in [3.05, 3.63) is 35.9 Å². The standard InChI is InChI=1S/C12H19NOS/c1-11(13)6-5-9-15(14)10-12-7-3-2-4-8-12/h2-4,7-8,11H,5-6,9-10,13H2,1H3. The molecule has 15 heavy (non-hydrogen) atoms. The molecule has 0 aliphatic heterocycles. The lowest BCUT2D eigenvalue weighted by Gasteiger charge is -2.05. The molecule has 0 aliphatic carbocycles. The van der Waals surface area contributed by atoms with E-state index in [0.717, 1.165) is 24.2 Å². The van der Waals surface area contributed by atoms with E-state index in [1.165, 1.54) is 0 Å². The Morgan fingerprint density at radius 2 is 2.00 bits per heavy atom. The van der Waals surface area contributed by atoms with Crippen LogP contribution in [0.25, 0.3) is 0 Å². The van der Waals surface area contributed by atoms with Crippen LogP contribution in [0.3, 0.4) is 0 Å². The fourth-order valence-corrected chi connectivity index (χ4v) is 2.60. The first-order valence-corrected chi connectivity index (χ1v) is 6.82. The zero-order chi connectivity index (χ0) is 11.1. The van der Waals surface area contributed by atoms with Crippen LogP contribution in [-0.4, -0.2) is 16.0 Å². The third-order valence-electron chi connectivity index (χ3n) is 2.20. The van der Waals surface area contributed by atoms with Crippen molar-refractivity contribution in [2.45, 2.75) is 31.6 Å². The number of hydrogen-bond acceptors (Lipinski definition) is 2. The summed E-state index contributed by atoms with van der Waals surface area (Å²) in [5.74, 6) is 1.43. The van der Waals surface area contributed by atoms with Crippen LogP contribution >= 0.6 is 0 Å². The van der Waals surface area contributed by atoms with Crippen molar-refractivity contribution >= 4 is 10.8 Å². The molecule has 0 heterocycles. The molecule has 2 unspecified atom stereocenters. The van der Waals surface area contributed by atoms with Gasteiger partial charge in [-0.15, -0.1) is 0 Å². The van der Waals surface area contributed by atoms with Gasteiger partial charge in [0.1, 0.15) is 0 Å². The van der Waals surface area contributed by atoms with E-state index in [4.69, 9.17) is 5.73 Å². The minimum Gasteiger partial charge on any atom is -0.328 e. The molecule has 0 fully saturated rings. The van der Waals surface area contributed by atoms with Crippen molar-refractivity contribution in [2.75, 3.05) is 5.75 Å². The van der Waals surface area contributed by atoms with Crippen LogP contribution in [0.5, 0.6) is 0 Å². The van der Waals surface area contributed by atoms with Gasteiger partial charge in [-0.3, -0.25) is 4.21 Å². The molecule has 2 nitrogen and oxygen atoms in total. The Balaban J connectivity index is 2.25. The zero-order valence-corrected chi connectivity index (χ0v) is 10.0. The predicted octanol–water partition coefficient (Wildman–Crippen LogP) is 2.06. The molecule has 0 spiro atoms. The van der Waals surface area contributed by atoms with Gasteiger partial charge in [0.15, 0.2) is 0 Å². The molecule has 0 radical (unpaired) electrons. The van der Waals surface area contributed by atoms with Crippen molar-refractivity contribution in [2.24, 2.45) is 5.73 Å². The highest BCUT2D eigenvalue weighted by Gasteiger charge is 2.02. The largest absolute Gasteiger partial charge is 0.328 e. The number of hydrogen-bond donors (Lipinski definition) is 1. The number of rotatable bonds is 6. The Kier molecular flexibility index (Phi) is 5.58. The van der Waals surface area contributed by atoms with E-state index in [-0.39, 0.29) is 6.04 Å². The second-order valence-corrected chi connectivity index (χ2v) is 5.47. The summed E-state index contributed by atoms with van der Waals surface area (Å²) in [4.78, 5) is 0. The minimum atomic E-state index is -0.743. The monoisotopic (exact) mass is 225 g/mol. The molecule has 0 saturated heterocycles. The molecular formula is C12H19NOS. The van der Waals surface area contributed by atoms with Crippen molar-refractivity contribution in [3.8, 4) is 0 Å². The van der Waals surface area contributed by atoms with Crippen molar-refractivity contribution < 1.29 is 4.21 Å². The summed E-state index contributed by atoms with van der Waals surface area (Å²) in [5, 5.41) is 0. The summed E-state index contributed by atoms with van der Waals surface area (Å²) in [5.41, 5.74) is 6.78. The van der Waals surface area contributed by atoms with Gasteiger partial charge in [0.25, 0.3) is 0 Å². The quantitative estimate of drug-likeness (QED) is 0.805. The maximum atomic E-state index is 11.7. The van der Waals surface area contributed by atoms with Gasteiger partial charge in [-0.1, -0.05) is 30.3 Å². The first-order chi connectivity index (χ1) is 7.18. The van der Waals surface area contributed by atoms with Crippen LogP contribution in [0.1, 0.15) is 25.3 Å². The van der Waals surface area contributed by atoms with Gasteiger partial charge in [-0.2, -0.15) is 0 Å². The maximum Gasteiger partial charge on any atom is 0.0485 e. The summed E-state index contributed by atoms with van der Waals surface area (Å²) in [7, 11) is -0.743. The third-order valence-corrected chi connectivity index (χ3v) is 3.60. The lowest BCUT2D eigenvalue weighted by Crippen LogP contribution is -2.15. The molecule has 0 bridgehead atoms. The molecule has 0 saturated carbocycles. The second kappa shape index (κ2) is 6.75. The van der Waals surface area contributed by atoms with Crippen LogP contribution in [-0.2, 0) is 16.6 Å². The van der Waals surface area contributed by atoms with E-state index >= 15 is 0 Å². The average molecular weight is 225 g/mol. The summed E-state index contributed by atoms with van der Waals surface area (Å²) >= 11 is 0. The Hall–Kier alpha value is -0.670. The van der Waals surface area contributed by atoms with E-state index in [0.29, 0.717) is 5.75 Å². The zero-order valence-electron chi connectivity index (χ0n) is 9.19. The molecule has 3 heteroatoms. The van der Waals surface area contributed by atoms with Crippen LogP contribution in [0.4, 0.5) is 0 Å². The Morgan fingerprint density at radius 3 is 2.60 bits per heavy atom. The van der Waals surface area contributed by atoms with Gasteiger partial charge in [0.2, 0.25) is 0 Å². The van der Waals surface area contributed by atoms with Gasteiger partial charge < -0.3 is 5.73 Å². The number of nitrogens with two attached hydrogens (primary N) is 1. The predicted molar refractivity (Wildman–Crippen MR) is 66.0 cm³/mol. The molecule has 0 amide bonds. The van der Waals surface area contributed by atoms with Crippen molar-refractivity contribution in [1.29, 1.82) is 0 Å². The molecule has 2 atom stereocenters. The Bertz CT molecular complexity index is 298. The van der Waals surface area contributed by atoms with E-state index in [1.807, 2.05) is 37.3 Å². The highest BCUT2D eigenvalue weighted by molar-refractivity contribution is 7.84. The topological polar surface area (TPSA) is 43.1 Å². The van der Waals surface area contributed by atoms with E-state index in [9.17, 15) is 4.21 Å². The Morgan fingerprint density at radius 1 is 1.33 bits per heavy atom. The minimum absolute atomic E-state index is 0.221. The van der Waals surface area contributed by atoms with Crippen LogP contribution in [0.15, 0.2) is 30.3 Å². The molecule has 0 aliphatic rings. The van der Waals surface area contributed by atoms with E-state index < -0.39 is 10.8 Å². The fraction of sp³-hybridized carbons (Fsp3) is 0.500. The molecule has 1 rings (SSSR count). The van der Waals surface area contributed by atoms with Gasteiger partial charge in [-0.05, 0) is 25.3 Å². The van der Waals surface area contributed by atoms with Gasteiger partial charge in [0, 0.05) is 28.3 Å². The first kappa shape index (κ1) is 12.4. The van der Waals surface area contributed by atoms with Gasteiger partial charge in [0.05, 0.1) is 0 Å². The molecule has 1 aromatic carbocycles. The van der Waals surface area contributed by atoms with Crippen molar-refractivity contribution in [1.82, 2.24) is 0 Å². The smallest absolute Gasteiger partial charge is 0.0485 e. The fourth-order valence-electron chi connectivity index (χ4n) is 1.40. The maximum absolute atomic E-state index is 11.7. The lowest BCUT2D eigenvalue weighted by atomic mass is 10.2. The van der Waals surface area contributed by atoms with Crippen LogP contribution in [0, 0.1) is 0 Å². The SMILES string of the molecule is CC(N)CCCS(=O)Cc1ccccc1. The first-order valence-electron chi connectivity index (χ1n) is 5.33. The average Bonchev–Trinajstić information content (AvgIpc) is 2.18. The van der Waals surface area contributed by atoms with E-state index in [1.54, 1.807) is 0 Å². The van der Waals surface area contributed by atoms with Crippen molar-refractivity contribution in [3.63, 3.8) is 0 Å². The highest BCUT2D eigenvalue weighted by Crippen LogP contribution is 2.05. The Labute approximate surface area is 94.3 Å². The number of benzene rings is 1. The summed E-state index contributed by atoms with van der Waals surface area (Å²) in [6.07, 6.45) is 1.91. The summed E-state index contributed by atoms with van der Waals surface area (Å²) < 4.78 is 11.7. The van der Waals surface area contributed by atoms with Gasteiger partial charge in [-0.25, -0.2) is 0 Å². The molecule has 2 N–H and O–H groups in total. The highest BCUT2D eigenvalue weighted by atomic mass is 32.2. The lowest BCUT2D eigenvalue weighted by molar-refractivity contribution is 0.643.